The van der Waals surface area contributed by atoms with Gasteiger partial charge in [-0.3, -0.25) is 4.79 Å². The van der Waals surface area contributed by atoms with E-state index in [-0.39, 0.29) is 5.78 Å². The van der Waals surface area contributed by atoms with E-state index >= 15 is 0 Å². The van der Waals surface area contributed by atoms with Crippen LogP contribution in [0.3, 0.4) is 0 Å². The third kappa shape index (κ3) is 2.56. The van der Waals surface area contributed by atoms with Crippen molar-refractivity contribution in [3.05, 3.63) is 29.3 Å². The topological polar surface area (TPSA) is 44.1 Å². The summed E-state index contributed by atoms with van der Waals surface area (Å²) in [5, 5.41) is 9.08. The highest BCUT2D eigenvalue weighted by Crippen LogP contribution is 2.40. The van der Waals surface area contributed by atoms with Gasteiger partial charge in [0.05, 0.1) is 11.6 Å². The number of carbonyl (C=O) groups is 1. The SMILES string of the molecule is CCC1(CC)CCN(c2cc(C#N)ccc2C(C)=O)C1. The monoisotopic (exact) mass is 270 g/mol. The van der Waals surface area contributed by atoms with Crippen molar-refractivity contribution >= 4 is 11.5 Å². The molecular weight excluding hydrogens is 248 g/mol. The van der Waals surface area contributed by atoms with Gasteiger partial charge in [0.1, 0.15) is 0 Å². The average Bonchev–Trinajstić information content (AvgIpc) is 2.91. The number of hydrogen-bond acceptors (Lipinski definition) is 3. The molecule has 3 heteroatoms. The second-order valence-electron chi connectivity index (χ2n) is 5.78. The Kier molecular flexibility index (Phi) is 4.13. The molecule has 0 spiro atoms. The number of ketones is 1. The van der Waals surface area contributed by atoms with Gasteiger partial charge in [-0.15, -0.1) is 0 Å². The maximum absolute atomic E-state index is 11.8. The minimum atomic E-state index is 0.0648. The number of benzene rings is 1. The molecule has 0 amide bonds. The number of nitrogens with zero attached hydrogens (tertiary/aromatic N) is 2. The molecule has 1 aromatic carbocycles. The smallest absolute Gasteiger partial charge is 0.161 e. The van der Waals surface area contributed by atoms with Crippen LogP contribution < -0.4 is 4.90 Å². The lowest BCUT2D eigenvalue weighted by molar-refractivity contribution is 0.101. The van der Waals surface area contributed by atoms with Crippen LogP contribution in [-0.2, 0) is 0 Å². The summed E-state index contributed by atoms with van der Waals surface area (Å²) in [4.78, 5) is 14.1. The van der Waals surface area contributed by atoms with E-state index in [4.69, 9.17) is 5.26 Å². The number of rotatable bonds is 4. The predicted molar refractivity (Wildman–Crippen MR) is 81.0 cm³/mol. The molecule has 1 heterocycles. The Labute approximate surface area is 121 Å². The Morgan fingerprint density at radius 3 is 2.60 bits per heavy atom. The molecule has 1 saturated heterocycles. The van der Waals surface area contributed by atoms with Crippen molar-refractivity contribution in [3.63, 3.8) is 0 Å². The maximum Gasteiger partial charge on any atom is 0.161 e. The Bertz CT molecular complexity index is 553. The molecular formula is C17H22N2O. The van der Waals surface area contributed by atoms with Gasteiger partial charge in [0.15, 0.2) is 5.78 Å². The number of hydrogen-bond donors (Lipinski definition) is 0. The van der Waals surface area contributed by atoms with Crippen molar-refractivity contribution in [1.82, 2.24) is 0 Å². The van der Waals surface area contributed by atoms with E-state index in [2.05, 4.69) is 24.8 Å². The van der Waals surface area contributed by atoms with Gasteiger partial charge in [-0.25, -0.2) is 0 Å². The molecule has 0 N–H and O–H groups in total. The van der Waals surface area contributed by atoms with Crippen molar-refractivity contribution < 1.29 is 4.79 Å². The Balaban J connectivity index is 2.38. The second kappa shape index (κ2) is 5.66. The van der Waals surface area contributed by atoms with Crippen LogP contribution >= 0.6 is 0 Å². The summed E-state index contributed by atoms with van der Waals surface area (Å²) in [5.74, 6) is 0.0648. The molecule has 0 aliphatic carbocycles. The van der Waals surface area contributed by atoms with E-state index in [9.17, 15) is 4.79 Å². The van der Waals surface area contributed by atoms with Crippen molar-refractivity contribution in [2.75, 3.05) is 18.0 Å². The van der Waals surface area contributed by atoms with Crippen LogP contribution in [0.1, 0.15) is 56.0 Å². The molecule has 20 heavy (non-hydrogen) atoms. The molecule has 0 radical (unpaired) electrons. The fourth-order valence-electron chi connectivity index (χ4n) is 3.13. The first-order valence-electron chi connectivity index (χ1n) is 7.35. The zero-order valence-corrected chi connectivity index (χ0v) is 12.6. The highest BCUT2D eigenvalue weighted by Gasteiger charge is 2.35. The quantitative estimate of drug-likeness (QED) is 0.782. The third-order valence-corrected chi connectivity index (χ3v) is 4.79. The van der Waals surface area contributed by atoms with Crippen LogP contribution in [0.2, 0.25) is 0 Å². The lowest BCUT2D eigenvalue weighted by Gasteiger charge is -2.28. The zero-order valence-electron chi connectivity index (χ0n) is 12.6. The Morgan fingerprint density at radius 2 is 2.10 bits per heavy atom. The lowest BCUT2D eigenvalue weighted by atomic mass is 9.82. The van der Waals surface area contributed by atoms with Gasteiger partial charge in [-0.1, -0.05) is 13.8 Å². The minimum Gasteiger partial charge on any atom is -0.370 e. The molecule has 0 saturated carbocycles. The molecule has 0 bridgehead atoms. The summed E-state index contributed by atoms with van der Waals surface area (Å²) in [7, 11) is 0. The van der Waals surface area contributed by atoms with Crippen LogP contribution in [0.5, 0.6) is 0 Å². The molecule has 1 fully saturated rings. The van der Waals surface area contributed by atoms with Gasteiger partial charge in [0.25, 0.3) is 0 Å². The highest BCUT2D eigenvalue weighted by molar-refractivity contribution is 6.00. The number of anilines is 1. The average molecular weight is 270 g/mol. The van der Waals surface area contributed by atoms with Crippen molar-refractivity contribution in [2.24, 2.45) is 5.41 Å². The van der Waals surface area contributed by atoms with Crippen LogP contribution in [0, 0.1) is 16.7 Å². The fourth-order valence-corrected chi connectivity index (χ4v) is 3.13. The first-order chi connectivity index (χ1) is 9.55. The van der Waals surface area contributed by atoms with E-state index in [1.54, 1.807) is 19.1 Å². The molecule has 3 nitrogen and oxygen atoms in total. The second-order valence-corrected chi connectivity index (χ2v) is 5.78. The van der Waals surface area contributed by atoms with Crippen molar-refractivity contribution in [1.29, 1.82) is 5.26 Å². The van der Waals surface area contributed by atoms with E-state index < -0.39 is 0 Å². The molecule has 106 valence electrons. The third-order valence-electron chi connectivity index (χ3n) is 4.79. The summed E-state index contributed by atoms with van der Waals surface area (Å²) in [6.45, 7) is 8.02. The number of carbonyl (C=O) groups excluding carboxylic acids is 1. The molecule has 0 aromatic heterocycles. The van der Waals surface area contributed by atoms with Gasteiger partial charge < -0.3 is 4.90 Å². The molecule has 0 unspecified atom stereocenters. The first-order valence-corrected chi connectivity index (χ1v) is 7.35. The summed E-state index contributed by atoms with van der Waals surface area (Å²) in [6, 6.07) is 7.54. The Hall–Kier alpha value is -1.82. The molecule has 1 aliphatic heterocycles. The number of nitriles is 1. The normalized spacial score (nSPS) is 17.0. The summed E-state index contributed by atoms with van der Waals surface area (Å²) >= 11 is 0. The van der Waals surface area contributed by atoms with Gasteiger partial charge in [-0.2, -0.15) is 5.26 Å². The van der Waals surface area contributed by atoms with Crippen molar-refractivity contribution in [2.45, 2.75) is 40.0 Å². The standard InChI is InChI=1S/C17H22N2O/c1-4-17(5-2)8-9-19(12-17)16-10-14(11-18)6-7-15(16)13(3)20/h6-7,10H,4-5,8-9,12H2,1-3H3. The van der Waals surface area contributed by atoms with Gasteiger partial charge in [-0.05, 0) is 49.8 Å². The van der Waals surface area contributed by atoms with E-state index in [1.165, 1.54) is 0 Å². The molecule has 1 aliphatic rings. The zero-order chi connectivity index (χ0) is 14.8. The molecule has 1 aromatic rings. The summed E-state index contributed by atoms with van der Waals surface area (Å²) < 4.78 is 0. The largest absolute Gasteiger partial charge is 0.370 e. The molecule has 0 atom stereocenters. The van der Waals surface area contributed by atoms with E-state index in [1.807, 2.05) is 6.07 Å². The van der Waals surface area contributed by atoms with Crippen LogP contribution in [0.15, 0.2) is 18.2 Å². The fraction of sp³-hybridized carbons (Fsp3) is 0.529. The highest BCUT2D eigenvalue weighted by atomic mass is 16.1. The first kappa shape index (κ1) is 14.6. The van der Waals surface area contributed by atoms with Crippen LogP contribution in [0.4, 0.5) is 5.69 Å². The van der Waals surface area contributed by atoms with Gasteiger partial charge in [0.2, 0.25) is 0 Å². The number of Topliss-reactive ketones (excluding diaryl/α,β-unsaturated/α-hetero) is 1. The van der Waals surface area contributed by atoms with Crippen LogP contribution in [-0.4, -0.2) is 18.9 Å². The molecule has 2 rings (SSSR count). The Morgan fingerprint density at radius 1 is 1.40 bits per heavy atom. The maximum atomic E-state index is 11.8. The minimum absolute atomic E-state index is 0.0648. The summed E-state index contributed by atoms with van der Waals surface area (Å²) in [6.07, 6.45) is 3.48. The van der Waals surface area contributed by atoms with Crippen LogP contribution in [0.25, 0.3) is 0 Å². The van der Waals surface area contributed by atoms with Crippen molar-refractivity contribution in [3.8, 4) is 6.07 Å². The summed E-state index contributed by atoms with van der Waals surface area (Å²) in [5.41, 5.74) is 2.64. The van der Waals surface area contributed by atoms with Gasteiger partial charge in [0, 0.05) is 24.3 Å². The lowest BCUT2D eigenvalue weighted by Crippen LogP contribution is -2.27. The van der Waals surface area contributed by atoms with E-state index in [0.717, 1.165) is 43.6 Å². The van der Waals surface area contributed by atoms with E-state index in [0.29, 0.717) is 11.0 Å². The predicted octanol–water partition coefficient (Wildman–Crippen LogP) is 3.78. The van der Waals surface area contributed by atoms with Gasteiger partial charge >= 0.3 is 0 Å².